The first-order chi connectivity index (χ1) is 6.11. The fourth-order valence-corrected chi connectivity index (χ4v) is 2.22. The average molecular weight is 242 g/mol. The lowest BCUT2D eigenvalue weighted by atomic mass is 10.0. The first-order valence-electron chi connectivity index (χ1n) is 4.32. The van der Waals surface area contributed by atoms with E-state index in [2.05, 4.69) is 15.9 Å². The molecule has 2 unspecified atom stereocenters. The number of halogens is 1. The van der Waals surface area contributed by atoms with Crippen LogP contribution >= 0.6 is 15.9 Å². The number of nitrogens with two attached hydrogens (primary N) is 1. The van der Waals surface area contributed by atoms with Gasteiger partial charge in [-0.05, 0) is 25.5 Å². The van der Waals surface area contributed by atoms with E-state index in [9.17, 15) is 0 Å². The van der Waals surface area contributed by atoms with E-state index in [0.29, 0.717) is 0 Å². The zero-order chi connectivity index (χ0) is 9.59. The molecule has 3 heteroatoms. The van der Waals surface area contributed by atoms with Crippen molar-refractivity contribution in [1.29, 1.82) is 0 Å². The highest BCUT2D eigenvalue weighted by Gasteiger charge is 2.31. The molecule has 0 saturated heterocycles. The summed E-state index contributed by atoms with van der Waals surface area (Å²) in [4.78, 5) is 0. The van der Waals surface area contributed by atoms with Crippen molar-refractivity contribution in [3.05, 3.63) is 27.7 Å². The second-order valence-corrected chi connectivity index (χ2v) is 4.31. The maximum atomic E-state index is 6.00. The van der Waals surface area contributed by atoms with Crippen LogP contribution in [0, 0.1) is 6.92 Å². The summed E-state index contributed by atoms with van der Waals surface area (Å²) in [7, 11) is 0. The predicted octanol–water partition coefficient (Wildman–Crippen LogP) is 2.54. The van der Waals surface area contributed by atoms with Gasteiger partial charge in [0.15, 0.2) is 0 Å². The Kier molecular flexibility index (Phi) is 2.08. The molecule has 1 aliphatic heterocycles. The Bertz CT molecular complexity index is 351. The van der Waals surface area contributed by atoms with Crippen molar-refractivity contribution in [3.63, 3.8) is 0 Å². The van der Waals surface area contributed by atoms with Crippen molar-refractivity contribution in [1.82, 2.24) is 0 Å². The zero-order valence-electron chi connectivity index (χ0n) is 7.67. The summed E-state index contributed by atoms with van der Waals surface area (Å²) in [6, 6.07) is 4.05. The maximum absolute atomic E-state index is 6.00. The van der Waals surface area contributed by atoms with Gasteiger partial charge < -0.3 is 10.5 Å². The quantitative estimate of drug-likeness (QED) is 0.758. The summed E-state index contributed by atoms with van der Waals surface area (Å²) < 4.78 is 6.72. The molecule has 0 fully saturated rings. The second kappa shape index (κ2) is 3.00. The van der Waals surface area contributed by atoms with Crippen molar-refractivity contribution >= 4 is 15.9 Å². The van der Waals surface area contributed by atoms with Crippen LogP contribution in [-0.4, -0.2) is 6.10 Å². The third kappa shape index (κ3) is 1.27. The van der Waals surface area contributed by atoms with E-state index >= 15 is 0 Å². The van der Waals surface area contributed by atoms with Crippen LogP contribution in [0.1, 0.15) is 24.1 Å². The Morgan fingerprint density at radius 3 is 2.77 bits per heavy atom. The van der Waals surface area contributed by atoms with Crippen LogP contribution in [0.2, 0.25) is 0 Å². The number of rotatable bonds is 0. The lowest BCUT2D eigenvalue weighted by Gasteiger charge is -2.08. The van der Waals surface area contributed by atoms with E-state index in [4.69, 9.17) is 10.5 Å². The van der Waals surface area contributed by atoms with Crippen molar-refractivity contribution in [2.45, 2.75) is 26.0 Å². The molecule has 0 amide bonds. The Balaban J connectivity index is 2.61. The molecule has 2 nitrogen and oxygen atoms in total. The normalized spacial score (nSPS) is 25.5. The molecular formula is C10H12BrNO. The van der Waals surface area contributed by atoms with Gasteiger partial charge in [0.05, 0.1) is 6.04 Å². The molecule has 0 saturated carbocycles. The molecule has 1 heterocycles. The van der Waals surface area contributed by atoms with Crippen LogP contribution in [0.3, 0.4) is 0 Å². The van der Waals surface area contributed by atoms with Gasteiger partial charge in [0, 0.05) is 10.0 Å². The maximum Gasteiger partial charge on any atom is 0.128 e. The van der Waals surface area contributed by atoms with E-state index in [1.54, 1.807) is 0 Å². The molecule has 0 spiro atoms. The SMILES string of the molecule is Cc1ccc(Br)c2c1OC(C)C2N. The highest BCUT2D eigenvalue weighted by atomic mass is 79.9. The van der Waals surface area contributed by atoms with Crippen molar-refractivity contribution in [3.8, 4) is 5.75 Å². The molecule has 0 radical (unpaired) electrons. The number of hydrogen-bond donors (Lipinski definition) is 1. The van der Waals surface area contributed by atoms with E-state index in [1.807, 2.05) is 26.0 Å². The smallest absolute Gasteiger partial charge is 0.128 e. The summed E-state index contributed by atoms with van der Waals surface area (Å²) in [5, 5.41) is 0. The van der Waals surface area contributed by atoms with E-state index < -0.39 is 0 Å². The Morgan fingerprint density at radius 2 is 2.15 bits per heavy atom. The molecule has 0 aliphatic carbocycles. The second-order valence-electron chi connectivity index (χ2n) is 3.46. The fraction of sp³-hybridized carbons (Fsp3) is 0.400. The van der Waals surface area contributed by atoms with Crippen LogP contribution in [-0.2, 0) is 0 Å². The Hall–Kier alpha value is -0.540. The molecular weight excluding hydrogens is 230 g/mol. The number of benzene rings is 1. The summed E-state index contributed by atoms with van der Waals surface area (Å²) in [6.07, 6.45) is 0.0763. The summed E-state index contributed by atoms with van der Waals surface area (Å²) >= 11 is 3.49. The van der Waals surface area contributed by atoms with Crippen molar-refractivity contribution in [2.24, 2.45) is 5.73 Å². The standard InChI is InChI=1S/C10H12BrNO/c1-5-3-4-7(11)8-9(12)6(2)13-10(5)8/h3-4,6,9H,12H2,1-2H3. The molecule has 2 rings (SSSR count). The minimum Gasteiger partial charge on any atom is -0.488 e. The molecule has 2 atom stereocenters. The van der Waals surface area contributed by atoms with E-state index in [1.165, 1.54) is 0 Å². The topological polar surface area (TPSA) is 35.2 Å². The highest BCUT2D eigenvalue weighted by molar-refractivity contribution is 9.10. The van der Waals surface area contributed by atoms with Gasteiger partial charge in [0.25, 0.3) is 0 Å². The largest absolute Gasteiger partial charge is 0.488 e. The van der Waals surface area contributed by atoms with Gasteiger partial charge in [0.1, 0.15) is 11.9 Å². The molecule has 1 aliphatic rings. The lowest BCUT2D eigenvalue weighted by Crippen LogP contribution is -2.21. The van der Waals surface area contributed by atoms with Gasteiger partial charge in [-0.15, -0.1) is 0 Å². The van der Waals surface area contributed by atoms with Crippen molar-refractivity contribution < 1.29 is 4.74 Å². The van der Waals surface area contributed by atoms with E-state index in [0.717, 1.165) is 21.3 Å². The lowest BCUT2D eigenvalue weighted by molar-refractivity contribution is 0.227. The zero-order valence-corrected chi connectivity index (χ0v) is 9.26. The highest BCUT2D eigenvalue weighted by Crippen LogP contribution is 2.41. The van der Waals surface area contributed by atoms with Crippen LogP contribution in [0.15, 0.2) is 16.6 Å². The number of aryl methyl sites for hydroxylation is 1. The monoisotopic (exact) mass is 241 g/mol. The van der Waals surface area contributed by atoms with Gasteiger partial charge in [0.2, 0.25) is 0 Å². The van der Waals surface area contributed by atoms with Gasteiger partial charge in [-0.3, -0.25) is 0 Å². The van der Waals surface area contributed by atoms with Gasteiger partial charge >= 0.3 is 0 Å². The Morgan fingerprint density at radius 1 is 1.46 bits per heavy atom. The third-order valence-electron chi connectivity index (χ3n) is 2.48. The number of ether oxygens (including phenoxy) is 1. The molecule has 13 heavy (non-hydrogen) atoms. The van der Waals surface area contributed by atoms with Crippen LogP contribution in [0.4, 0.5) is 0 Å². The molecule has 0 bridgehead atoms. The summed E-state index contributed by atoms with van der Waals surface area (Å²) in [5.74, 6) is 0.953. The molecule has 2 N–H and O–H groups in total. The van der Waals surface area contributed by atoms with E-state index in [-0.39, 0.29) is 12.1 Å². The average Bonchev–Trinajstić information content (AvgIpc) is 2.38. The third-order valence-corrected chi connectivity index (χ3v) is 3.17. The molecule has 70 valence electrons. The first kappa shape index (κ1) is 9.03. The minimum atomic E-state index is -0.00993. The molecule has 1 aromatic rings. The minimum absolute atomic E-state index is 0.00993. The van der Waals surface area contributed by atoms with Crippen LogP contribution in [0.5, 0.6) is 5.75 Å². The summed E-state index contributed by atoms with van der Waals surface area (Å²) in [5.41, 5.74) is 8.26. The van der Waals surface area contributed by atoms with Crippen molar-refractivity contribution in [2.75, 3.05) is 0 Å². The van der Waals surface area contributed by atoms with Gasteiger partial charge in [-0.25, -0.2) is 0 Å². The first-order valence-corrected chi connectivity index (χ1v) is 5.12. The van der Waals surface area contributed by atoms with Gasteiger partial charge in [-0.2, -0.15) is 0 Å². The van der Waals surface area contributed by atoms with Crippen LogP contribution < -0.4 is 10.5 Å². The molecule has 1 aromatic carbocycles. The Labute approximate surface area is 86.2 Å². The van der Waals surface area contributed by atoms with Crippen LogP contribution in [0.25, 0.3) is 0 Å². The number of fused-ring (bicyclic) bond motifs is 1. The van der Waals surface area contributed by atoms with Gasteiger partial charge in [-0.1, -0.05) is 22.0 Å². The predicted molar refractivity (Wildman–Crippen MR) is 55.9 cm³/mol. The molecule has 0 aromatic heterocycles. The number of hydrogen-bond acceptors (Lipinski definition) is 2. The summed E-state index contributed by atoms with van der Waals surface area (Å²) in [6.45, 7) is 4.03. The fourth-order valence-electron chi connectivity index (χ4n) is 1.65.